The van der Waals surface area contributed by atoms with Crippen molar-refractivity contribution in [3.63, 3.8) is 0 Å². The predicted molar refractivity (Wildman–Crippen MR) is 94.7 cm³/mol. The molecule has 22 heavy (non-hydrogen) atoms. The fraction of sp³-hybridized carbons (Fsp3) is 1.00. The topological polar surface area (TPSA) is 40.5 Å². The summed E-state index contributed by atoms with van der Waals surface area (Å²) in [4.78, 5) is 0. The van der Waals surface area contributed by atoms with E-state index in [1.165, 1.54) is 25.7 Å². The van der Waals surface area contributed by atoms with Gasteiger partial charge >= 0.3 is 0 Å². The summed E-state index contributed by atoms with van der Waals surface area (Å²) in [5.74, 6) is 3.90. The van der Waals surface area contributed by atoms with Crippen LogP contribution in [0.15, 0.2) is 0 Å². The van der Waals surface area contributed by atoms with Crippen LogP contribution >= 0.6 is 0 Å². The molecule has 0 saturated heterocycles. The van der Waals surface area contributed by atoms with Crippen molar-refractivity contribution in [3.05, 3.63) is 0 Å². The molecule has 0 radical (unpaired) electrons. The molecule has 0 heterocycles. The highest BCUT2D eigenvalue weighted by Gasteiger charge is 2.29. The summed E-state index contributed by atoms with van der Waals surface area (Å²) in [6.45, 7) is 13.3. The maximum absolute atomic E-state index is 9.71. The lowest BCUT2D eigenvalue weighted by molar-refractivity contribution is 0.0263. The summed E-state index contributed by atoms with van der Waals surface area (Å²) in [6, 6.07) is 0. The van der Waals surface area contributed by atoms with E-state index in [0.717, 1.165) is 24.7 Å². The van der Waals surface area contributed by atoms with Gasteiger partial charge in [-0.1, -0.05) is 54.4 Å². The van der Waals surface area contributed by atoms with Crippen LogP contribution in [0.4, 0.5) is 0 Å². The van der Waals surface area contributed by atoms with E-state index < -0.39 is 0 Å². The van der Waals surface area contributed by atoms with Gasteiger partial charge in [0, 0.05) is 0 Å². The van der Waals surface area contributed by atoms with Gasteiger partial charge in [0.2, 0.25) is 0 Å². The zero-order chi connectivity index (χ0) is 16.9. The first-order valence-electron chi connectivity index (χ1n) is 9.58. The average Bonchev–Trinajstić information content (AvgIpc) is 2.38. The SMILES string of the molecule is CC(C)[C@@H]1CC[C@@H](C)C[C@@H]1O.CC(C)[C@H]1CC[C@H](C)C[C@H]1O. The van der Waals surface area contributed by atoms with Crippen molar-refractivity contribution in [1.82, 2.24) is 0 Å². The van der Waals surface area contributed by atoms with Crippen LogP contribution in [-0.4, -0.2) is 22.4 Å². The Morgan fingerprint density at radius 3 is 1.18 bits per heavy atom. The van der Waals surface area contributed by atoms with Crippen LogP contribution in [0, 0.1) is 35.5 Å². The van der Waals surface area contributed by atoms with Crippen LogP contribution in [0.2, 0.25) is 0 Å². The highest BCUT2D eigenvalue weighted by Crippen LogP contribution is 2.33. The maximum Gasteiger partial charge on any atom is 0.0573 e. The Morgan fingerprint density at radius 1 is 0.636 bits per heavy atom. The predicted octanol–water partition coefficient (Wildman–Crippen LogP) is 4.88. The second kappa shape index (κ2) is 9.27. The van der Waals surface area contributed by atoms with E-state index in [9.17, 15) is 10.2 Å². The average molecular weight is 313 g/mol. The van der Waals surface area contributed by atoms with Crippen LogP contribution in [0.3, 0.4) is 0 Å². The van der Waals surface area contributed by atoms with E-state index in [2.05, 4.69) is 41.5 Å². The highest BCUT2D eigenvalue weighted by molar-refractivity contribution is 4.80. The quantitative estimate of drug-likeness (QED) is 0.763. The Hall–Kier alpha value is -0.0800. The lowest BCUT2D eigenvalue weighted by Gasteiger charge is -2.33. The number of rotatable bonds is 2. The van der Waals surface area contributed by atoms with E-state index >= 15 is 0 Å². The van der Waals surface area contributed by atoms with Gasteiger partial charge in [0.25, 0.3) is 0 Å². The number of hydrogen-bond acceptors (Lipinski definition) is 2. The molecular weight excluding hydrogens is 272 g/mol. The Labute approximate surface area is 138 Å². The minimum absolute atomic E-state index is 0.0289. The number of hydrogen-bond donors (Lipinski definition) is 2. The molecule has 2 fully saturated rings. The first-order valence-corrected chi connectivity index (χ1v) is 9.58. The van der Waals surface area contributed by atoms with Crippen molar-refractivity contribution in [3.8, 4) is 0 Å². The van der Waals surface area contributed by atoms with Crippen molar-refractivity contribution in [2.24, 2.45) is 35.5 Å². The molecule has 0 bridgehead atoms. The molecular formula is C20H40O2. The molecule has 0 aromatic carbocycles. The standard InChI is InChI=1S/2C10H20O/c2*1-7(2)9-5-4-8(3)6-10(9)11/h2*7-11H,4-6H2,1-3H3/t2*8-,9+,10+/m10/s1. The van der Waals surface area contributed by atoms with Gasteiger partial charge in [-0.3, -0.25) is 0 Å². The molecule has 6 atom stereocenters. The summed E-state index contributed by atoms with van der Waals surface area (Å²) >= 11 is 0. The van der Waals surface area contributed by atoms with Gasteiger partial charge in [-0.2, -0.15) is 0 Å². The zero-order valence-corrected chi connectivity index (χ0v) is 15.8. The molecule has 0 spiro atoms. The second-order valence-corrected chi connectivity index (χ2v) is 8.79. The van der Waals surface area contributed by atoms with Crippen molar-refractivity contribution in [2.75, 3.05) is 0 Å². The Morgan fingerprint density at radius 2 is 0.955 bits per heavy atom. The van der Waals surface area contributed by atoms with Crippen LogP contribution in [0.1, 0.15) is 80.1 Å². The minimum atomic E-state index is -0.0289. The van der Waals surface area contributed by atoms with Crippen LogP contribution in [-0.2, 0) is 0 Å². The van der Waals surface area contributed by atoms with Crippen LogP contribution in [0.25, 0.3) is 0 Å². The third-order valence-corrected chi connectivity index (χ3v) is 5.97. The molecule has 0 aromatic rings. The Balaban J connectivity index is 0.000000220. The first kappa shape index (κ1) is 20.0. The summed E-state index contributed by atoms with van der Waals surface area (Å²) < 4.78 is 0. The summed E-state index contributed by atoms with van der Waals surface area (Å²) in [6.07, 6.45) is 7.03. The summed E-state index contributed by atoms with van der Waals surface area (Å²) in [5, 5.41) is 19.4. The number of aliphatic hydroxyl groups is 2. The lowest BCUT2D eigenvalue weighted by atomic mass is 9.75. The molecule has 132 valence electrons. The van der Waals surface area contributed by atoms with Gasteiger partial charge in [0.1, 0.15) is 0 Å². The van der Waals surface area contributed by atoms with Gasteiger partial charge in [0.15, 0.2) is 0 Å². The molecule has 2 aliphatic rings. The van der Waals surface area contributed by atoms with Crippen LogP contribution in [0.5, 0.6) is 0 Å². The molecule has 2 saturated carbocycles. The first-order chi connectivity index (χ1) is 10.2. The molecule has 2 aliphatic carbocycles. The lowest BCUT2D eigenvalue weighted by Crippen LogP contribution is -2.31. The van der Waals surface area contributed by atoms with Gasteiger partial charge in [0.05, 0.1) is 12.2 Å². The van der Waals surface area contributed by atoms with Gasteiger partial charge in [-0.25, -0.2) is 0 Å². The van der Waals surface area contributed by atoms with Gasteiger partial charge in [-0.05, 0) is 61.2 Å². The van der Waals surface area contributed by atoms with E-state index in [4.69, 9.17) is 0 Å². The fourth-order valence-electron chi connectivity index (χ4n) is 4.30. The van der Waals surface area contributed by atoms with Crippen molar-refractivity contribution >= 4 is 0 Å². The van der Waals surface area contributed by atoms with Crippen molar-refractivity contribution < 1.29 is 10.2 Å². The maximum atomic E-state index is 9.71. The van der Waals surface area contributed by atoms with Gasteiger partial charge < -0.3 is 10.2 Å². The smallest absolute Gasteiger partial charge is 0.0573 e. The normalized spacial score (nSPS) is 39.5. The van der Waals surface area contributed by atoms with E-state index in [1.807, 2.05) is 0 Å². The third-order valence-electron chi connectivity index (χ3n) is 5.97. The molecule has 2 N–H and O–H groups in total. The third kappa shape index (κ3) is 6.20. The van der Waals surface area contributed by atoms with Crippen molar-refractivity contribution in [1.29, 1.82) is 0 Å². The van der Waals surface area contributed by atoms with E-state index in [0.29, 0.717) is 23.7 Å². The van der Waals surface area contributed by atoms with Crippen molar-refractivity contribution in [2.45, 2.75) is 92.3 Å². The van der Waals surface area contributed by atoms with Crippen LogP contribution < -0.4 is 0 Å². The fourth-order valence-corrected chi connectivity index (χ4v) is 4.30. The second-order valence-electron chi connectivity index (χ2n) is 8.79. The molecule has 2 rings (SSSR count). The largest absolute Gasteiger partial charge is 0.393 e. The molecule has 0 aromatic heterocycles. The molecule has 0 amide bonds. The molecule has 2 heteroatoms. The minimum Gasteiger partial charge on any atom is -0.393 e. The van der Waals surface area contributed by atoms with Gasteiger partial charge in [-0.15, -0.1) is 0 Å². The summed E-state index contributed by atoms with van der Waals surface area (Å²) in [5.41, 5.74) is 0. The zero-order valence-electron chi connectivity index (χ0n) is 15.8. The van der Waals surface area contributed by atoms with E-state index in [1.54, 1.807) is 0 Å². The molecule has 2 nitrogen and oxygen atoms in total. The molecule has 0 unspecified atom stereocenters. The van der Waals surface area contributed by atoms with E-state index in [-0.39, 0.29) is 12.2 Å². The Kier molecular flexibility index (Phi) is 8.42. The molecule has 0 aliphatic heterocycles. The monoisotopic (exact) mass is 312 g/mol. The number of aliphatic hydroxyl groups excluding tert-OH is 2. The highest BCUT2D eigenvalue weighted by atomic mass is 16.3. The Bertz CT molecular complexity index is 270. The summed E-state index contributed by atoms with van der Waals surface area (Å²) in [7, 11) is 0.